The zero-order valence-corrected chi connectivity index (χ0v) is 18.8. The maximum absolute atomic E-state index is 12.4. The van der Waals surface area contributed by atoms with Gasteiger partial charge < -0.3 is 25.3 Å². The van der Waals surface area contributed by atoms with E-state index in [1.807, 2.05) is 56.9 Å². The Balaban J connectivity index is 1.87. The van der Waals surface area contributed by atoms with E-state index in [4.69, 9.17) is 0 Å². The van der Waals surface area contributed by atoms with E-state index in [1.54, 1.807) is 11.8 Å². The standard InChI is InChI=1S/C22H35N5O3/c1-6-21(29)27(17(4)5)15-20(28)24-18-7-9-19(10-8-18)25-11-13-26(14-12-25)22(30)23-16(2)3/h7-10,16-17H,6,11-15H2,1-5H3,(H,23,30)(H,24,28). The molecule has 1 aromatic carbocycles. The normalized spacial score (nSPS) is 14.1. The highest BCUT2D eigenvalue weighted by Crippen LogP contribution is 2.20. The summed E-state index contributed by atoms with van der Waals surface area (Å²) < 4.78 is 0. The Morgan fingerprint density at radius 1 is 1.00 bits per heavy atom. The molecule has 2 rings (SSSR count). The van der Waals surface area contributed by atoms with E-state index in [0.29, 0.717) is 25.2 Å². The minimum Gasteiger partial charge on any atom is -0.368 e. The molecule has 0 saturated carbocycles. The Labute approximate surface area is 179 Å². The van der Waals surface area contributed by atoms with Crippen molar-refractivity contribution in [2.24, 2.45) is 0 Å². The van der Waals surface area contributed by atoms with Crippen LogP contribution in [0.4, 0.5) is 16.2 Å². The molecule has 0 aliphatic carbocycles. The molecule has 166 valence electrons. The summed E-state index contributed by atoms with van der Waals surface area (Å²) in [6.45, 7) is 12.4. The van der Waals surface area contributed by atoms with Gasteiger partial charge in [0.1, 0.15) is 6.54 Å². The number of rotatable bonds is 7. The molecule has 0 radical (unpaired) electrons. The van der Waals surface area contributed by atoms with E-state index in [-0.39, 0.29) is 36.5 Å². The number of piperazine rings is 1. The van der Waals surface area contributed by atoms with Gasteiger partial charge >= 0.3 is 6.03 Å². The van der Waals surface area contributed by atoms with Crippen LogP contribution in [-0.2, 0) is 9.59 Å². The highest BCUT2D eigenvalue weighted by molar-refractivity contribution is 5.94. The van der Waals surface area contributed by atoms with Crippen LogP contribution in [0.2, 0.25) is 0 Å². The van der Waals surface area contributed by atoms with E-state index < -0.39 is 0 Å². The van der Waals surface area contributed by atoms with Crippen molar-refractivity contribution in [3.05, 3.63) is 24.3 Å². The average Bonchev–Trinajstić information content (AvgIpc) is 2.71. The molecule has 0 unspecified atom stereocenters. The number of carbonyl (C=O) groups excluding carboxylic acids is 3. The molecule has 1 aromatic rings. The van der Waals surface area contributed by atoms with Gasteiger partial charge in [-0.1, -0.05) is 6.92 Å². The first-order chi connectivity index (χ1) is 14.2. The predicted molar refractivity (Wildman–Crippen MR) is 120 cm³/mol. The van der Waals surface area contributed by atoms with Crippen molar-refractivity contribution < 1.29 is 14.4 Å². The molecule has 0 atom stereocenters. The Kier molecular flexibility index (Phi) is 8.50. The third-order valence-electron chi connectivity index (χ3n) is 5.06. The summed E-state index contributed by atoms with van der Waals surface area (Å²) in [5, 5.41) is 5.79. The Morgan fingerprint density at radius 3 is 2.10 bits per heavy atom. The number of nitrogens with one attached hydrogen (secondary N) is 2. The van der Waals surface area contributed by atoms with Crippen molar-refractivity contribution in [1.29, 1.82) is 0 Å². The van der Waals surface area contributed by atoms with Crippen molar-refractivity contribution in [1.82, 2.24) is 15.1 Å². The lowest BCUT2D eigenvalue weighted by Crippen LogP contribution is -2.52. The fourth-order valence-corrected chi connectivity index (χ4v) is 3.38. The minimum absolute atomic E-state index is 0.0142. The van der Waals surface area contributed by atoms with Crippen LogP contribution in [0.15, 0.2) is 24.3 Å². The van der Waals surface area contributed by atoms with Crippen LogP contribution in [0, 0.1) is 0 Å². The smallest absolute Gasteiger partial charge is 0.317 e. The summed E-state index contributed by atoms with van der Waals surface area (Å²) in [4.78, 5) is 42.1. The molecular weight excluding hydrogens is 382 g/mol. The van der Waals surface area contributed by atoms with E-state index >= 15 is 0 Å². The minimum atomic E-state index is -0.206. The van der Waals surface area contributed by atoms with Crippen LogP contribution in [0.25, 0.3) is 0 Å². The maximum Gasteiger partial charge on any atom is 0.317 e. The third kappa shape index (κ3) is 6.64. The first-order valence-corrected chi connectivity index (χ1v) is 10.7. The van der Waals surface area contributed by atoms with Crippen LogP contribution < -0.4 is 15.5 Å². The second-order valence-electron chi connectivity index (χ2n) is 8.14. The summed E-state index contributed by atoms with van der Waals surface area (Å²) in [5.41, 5.74) is 1.76. The lowest BCUT2D eigenvalue weighted by molar-refractivity contribution is -0.136. The number of nitrogens with zero attached hydrogens (tertiary/aromatic N) is 3. The number of hydrogen-bond acceptors (Lipinski definition) is 4. The van der Waals surface area contributed by atoms with Gasteiger partial charge in [0.15, 0.2) is 0 Å². The largest absolute Gasteiger partial charge is 0.368 e. The molecule has 8 nitrogen and oxygen atoms in total. The molecule has 2 N–H and O–H groups in total. The van der Waals surface area contributed by atoms with Crippen LogP contribution in [0.5, 0.6) is 0 Å². The Bertz CT molecular complexity index is 725. The number of carbonyl (C=O) groups is 3. The molecule has 1 fully saturated rings. The number of urea groups is 1. The summed E-state index contributed by atoms with van der Waals surface area (Å²) >= 11 is 0. The lowest BCUT2D eigenvalue weighted by atomic mass is 10.2. The highest BCUT2D eigenvalue weighted by atomic mass is 16.2. The molecule has 0 aromatic heterocycles. The van der Waals surface area contributed by atoms with Crippen molar-refractivity contribution in [2.75, 3.05) is 42.9 Å². The van der Waals surface area contributed by atoms with Gasteiger partial charge in [0.25, 0.3) is 0 Å². The van der Waals surface area contributed by atoms with E-state index in [1.165, 1.54) is 0 Å². The number of amides is 4. The second-order valence-corrected chi connectivity index (χ2v) is 8.14. The molecule has 1 aliphatic rings. The fraction of sp³-hybridized carbons (Fsp3) is 0.591. The predicted octanol–water partition coefficient (Wildman–Crippen LogP) is 2.51. The summed E-state index contributed by atoms with van der Waals surface area (Å²) in [5.74, 6) is -0.236. The zero-order chi connectivity index (χ0) is 22.3. The third-order valence-corrected chi connectivity index (χ3v) is 5.06. The molecule has 1 aliphatic heterocycles. The number of hydrogen-bond donors (Lipinski definition) is 2. The molecule has 0 spiro atoms. The SMILES string of the molecule is CCC(=O)N(CC(=O)Nc1ccc(N2CCN(C(=O)NC(C)C)CC2)cc1)C(C)C. The van der Waals surface area contributed by atoms with Gasteiger partial charge in [0, 0.05) is 56.1 Å². The first kappa shape index (κ1) is 23.5. The second kappa shape index (κ2) is 10.8. The zero-order valence-electron chi connectivity index (χ0n) is 18.8. The first-order valence-electron chi connectivity index (χ1n) is 10.7. The number of anilines is 2. The topological polar surface area (TPSA) is 85.0 Å². The molecule has 8 heteroatoms. The Hall–Kier alpha value is -2.77. The van der Waals surface area contributed by atoms with Crippen LogP contribution in [0.1, 0.15) is 41.0 Å². The van der Waals surface area contributed by atoms with Gasteiger partial charge in [0.05, 0.1) is 0 Å². The van der Waals surface area contributed by atoms with E-state index in [9.17, 15) is 14.4 Å². The summed E-state index contributed by atoms with van der Waals surface area (Å²) in [7, 11) is 0. The van der Waals surface area contributed by atoms with E-state index in [0.717, 1.165) is 18.8 Å². The van der Waals surface area contributed by atoms with Crippen molar-refractivity contribution in [2.45, 2.75) is 53.1 Å². The fourth-order valence-electron chi connectivity index (χ4n) is 3.38. The van der Waals surface area contributed by atoms with Crippen molar-refractivity contribution in [3.63, 3.8) is 0 Å². The van der Waals surface area contributed by atoms with E-state index in [2.05, 4.69) is 15.5 Å². The quantitative estimate of drug-likeness (QED) is 0.714. The molecule has 0 bridgehead atoms. The summed E-state index contributed by atoms with van der Waals surface area (Å²) in [6, 6.07) is 7.77. The molecule has 30 heavy (non-hydrogen) atoms. The number of benzene rings is 1. The summed E-state index contributed by atoms with van der Waals surface area (Å²) in [6.07, 6.45) is 0.381. The molecule has 4 amide bonds. The van der Waals surface area contributed by atoms with Crippen molar-refractivity contribution in [3.8, 4) is 0 Å². The van der Waals surface area contributed by atoms with Gasteiger partial charge in [-0.05, 0) is 52.0 Å². The van der Waals surface area contributed by atoms with Gasteiger partial charge in [-0.25, -0.2) is 4.79 Å². The monoisotopic (exact) mass is 417 g/mol. The van der Waals surface area contributed by atoms with Gasteiger partial charge in [0.2, 0.25) is 11.8 Å². The van der Waals surface area contributed by atoms with Crippen LogP contribution >= 0.6 is 0 Å². The molecule has 1 heterocycles. The van der Waals surface area contributed by atoms with Crippen LogP contribution in [-0.4, -0.2) is 72.5 Å². The molecular formula is C22H35N5O3. The van der Waals surface area contributed by atoms with Gasteiger partial charge in [-0.2, -0.15) is 0 Å². The maximum atomic E-state index is 12.4. The Morgan fingerprint density at radius 2 is 1.60 bits per heavy atom. The molecule has 1 saturated heterocycles. The van der Waals surface area contributed by atoms with Crippen LogP contribution in [0.3, 0.4) is 0 Å². The highest BCUT2D eigenvalue weighted by Gasteiger charge is 2.22. The van der Waals surface area contributed by atoms with Gasteiger partial charge in [-0.3, -0.25) is 9.59 Å². The average molecular weight is 418 g/mol. The lowest BCUT2D eigenvalue weighted by Gasteiger charge is -2.36. The van der Waals surface area contributed by atoms with Crippen molar-refractivity contribution >= 4 is 29.2 Å². The van der Waals surface area contributed by atoms with Gasteiger partial charge in [-0.15, -0.1) is 0 Å².